The maximum Gasteiger partial charge on any atom is 0.290 e. The van der Waals surface area contributed by atoms with Crippen molar-refractivity contribution in [2.24, 2.45) is 0 Å². The predicted octanol–water partition coefficient (Wildman–Crippen LogP) is 3.27. The van der Waals surface area contributed by atoms with E-state index in [1.807, 2.05) is 30.0 Å². The number of fused-ring (bicyclic) bond motifs is 1. The molecule has 1 unspecified atom stereocenters. The monoisotopic (exact) mass is 277 g/mol. The van der Waals surface area contributed by atoms with Gasteiger partial charge in [-0.15, -0.1) is 11.8 Å². The van der Waals surface area contributed by atoms with Crippen molar-refractivity contribution < 1.29 is 9.59 Å². The van der Waals surface area contributed by atoms with Gasteiger partial charge >= 0.3 is 0 Å². The van der Waals surface area contributed by atoms with Crippen LogP contribution in [0.25, 0.3) is 5.57 Å². The topological polar surface area (TPSA) is 46.2 Å². The molecule has 92 valence electrons. The van der Waals surface area contributed by atoms with Crippen LogP contribution in [-0.2, 0) is 4.79 Å². The molecule has 3 rings (SSSR count). The summed E-state index contributed by atoms with van der Waals surface area (Å²) in [5, 5.41) is 2.48. The maximum absolute atomic E-state index is 11.8. The Morgan fingerprint density at radius 2 is 2.06 bits per heavy atom. The van der Waals surface area contributed by atoms with E-state index in [9.17, 15) is 9.59 Å². The maximum atomic E-state index is 11.8. The molecule has 0 aliphatic carbocycles. The molecule has 2 aliphatic heterocycles. The molecule has 0 radical (unpaired) electrons. The van der Waals surface area contributed by atoms with Crippen LogP contribution in [0, 0.1) is 0 Å². The van der Waals surface area contributed by atoms with E-state index >= 15 is 0 Å². The number of amides is 2. The van der Waals surface area contributed by atoms with Crippen molar-refractivity contribution in [1.82, 2.24) is 5.32 Å². The molecule has 2 amide bonds. The van der Waals surface area contributed by atoms with Gasteiger partial charge in [0.2, 0.25) is 0 Å². The van der Waals surface area contributed by atoms with E-state index in [0.717, 1.165) is 29.3 Å². The first-order chi connectivity index (χ1) is 8.65. The van der Waals surface area contributed by atoms with E-state index in [1.165, 1.54) is 4.90 Å². The lowest BCUT2D eigenvalue weighted by Crippen LogP contribution is -2.19. The molecular weight excluding hydrogens is 266 g/mol. The van der Waals surface area contributed by atoms with Crippen molar-refractivity contribution in [1.29, 1.82) is 0 Å². The summed E-state index contributed by atoms with van der Waals surface area (Å²) in [7, 11) is 0. The van der Waals surface area contributed by atoms with Crippen LogP contribution >= 0.6 is 23.5 Å². The third-order valence-corrected chi connectivity index (χ3v) is 5.02. The van der Waals surface area contributed by atoms with Crippen molar-refractivity contribution in [2.75, 3.05) is 0 Å². The molecule has 0 bridgehead atoms. The fraction of sp³-hybridized carbons (Fsp3) is 0.231. The fourth-order valence-corrected chi connectivity index (χ4v) is 4.15. The Hall–Kier alpha value is -1.20. The van der Waals surface area contributed by atoms with Crippen LogP contribution < -0.4 is 5.32 Å². The highest BCUT2D eigenvalue weighted by Crippen LogP contribution is 2.45. The molecule has 1 N–H and O–H groups in total. The molecule has 1 saturated heterocycles. The number of imide groups is 1. The lowest BCUT2D eigenvalue weighted by Gasteiger charge is -2.24. The first-order valence-corrected chi connectivity index (χ1v) is 7.37. The normalized spacial score (nSPS) is 27.1. The van der Waals surface area contributed by atoms with Crippen molar-refractivity contribution in [3.8, 4) is 0 Å². The van der Waals surface area contributed by atoms with Gasteiger partial charge in [0, 0.05) is 10.1 Å². The zero-order chi connectivity index (χ0) is 12.7. The van der Waals surface area contributed by atoms with Gasteiger partial charge in [0.05, 0.1) is 4.91 Å². The minimum atomic E-state index is -0.272. The van der Waals surface area contributed by atoms with E-state index in [0.29, 0.717) is 10.2 Å². The zero-order valence-electron chi connectivity index (χ0n) is 9.73. The second kappa shape index (κ2) is 4.48. The Bertz CT molecular complexity index is 580. The quantitative estimate of drug-likeness (QED) is 0.739. The first-order valence-electron chi connectivity index (χ1n) is 5.67. The number of thioether (sulfide) groups is 2. The molecule has 2 heterocycles. The molecule has 1 aromatic rings. The number of allylic oxidation sites excluding steroid dienone is 1. The van der Waals surface area contributed by atoms with Gasteiger partial charge in [0.15, 0.2) is 0 Å². The highest BCUT2D eigenvalue weighted by atomic mass is 32.2. The van der Waals surface area contributed by atoms with Crippen LogP contribution in [0.4, 0.5) is 4.79 Å². The number of carbonyl (C=O) groups excluding carboxylic acids is 2. The Morgan fingerprint density at radius 3 is 2.78 bits per heavy atom. The highest BCUT2D eigenvalue weighted by Gasteiger charge is 2.32. The third-order valence-electron chi connectivity index (χ3n) is 2.92. The van der Waals surface area contributed by atoms with E-state index in [-0.39, 0.29) is 11.1 Å². The van der Waals surface area contributed by atoms with Crippen LogP contribution in [0.2, 0.25) is 0 Å². The summed E-state index contributed by atoms with van der Waals surface area (Å²) in [5.41, 5.74) is 2.10. The molecule has 1 atom stereocenters. The molecular formula is C13H11NO2S2. The summed E-state index contributed by atoms with van der Waals surface area (Å²) in [6, 6.07) is 8.05. The molecule has 5 heteroatoms. The van der Waals surface area contributed by atoms with Gasteiger partial charge in [-0.2, -0.15) is 0 Å². The van der Waals surface area contributed by atoms with Crippen LogP contribution in [0.1, 0.15) is 18.9 Å². The molecule has 18 heavy (non-hydrogen) atoms. The number of hydrogen-bond donors (Lipinski definition) is 1. The smallest absolute Gasteiger partial charge is 0.282 e. The average Bonchev–Trinajstić information content (AvgIpc) is 2.67. The van der Waals surface area contributed by atoms with Crippen molar-refractivity contribution in [3.05, 3.63) is 34.7 Å². The third kappa shape index (κ3) is 1.97. The molecule has 1 fully saturated rings. The zero-order valence-corrected chi connectivity index (χ0v) is 11.4. The van der Waals surface area contributed by atoms with Crippen LogP contribution in [0.15, 0.2) is 34.1 Å². The largest absolute Gasteiger partial charge is 0.290 e. The molecule has 3 nitrogen and oxygen atoms in total. The average molecular weight is 277 g/mol. The minimum absolute atomic E-state index is 0.256. The molecule has 0 spiro atoms. The Kier molecular flexibility index (Phi) is 2.95. The number of hydrogen-bond acceptors (Lipinski definition) is 4. The summed E-state index contributed by atoms with van der Waals surface area (Å²) in [6.45, 7) is 2.14. The van der Waals surface area contributed by atoms with E-state index < -0.39 is 0 Å². The second-order valence-corrected chi connectivity index (χ2v) is 6.74. The van der Waals surface area contributed by atoms with Gasteiger partial charge in [0.1, 0.15) is 0 Å². The molecule has 0 saturated carbocycles. The van der Waals surface area contributed by atoms with Gasteiger partial charge in [0.25, 0.3) is 11.1 Å². The minimum Gasteiger partial charge on any atom is -0.282 e. The van der Waals surface area contributed by atoms with E-state index in [4.69, 9.17) is 0 Å². The lowest BCUT2D eigenvalue weighted by atomic mass is 9.99. The van der Waals surface area contributed by atoms with Gasteiger partial charge in [-0.3, -0.25) is 14.9 Å². The Labute approximate surface area is 113 Å². The van der Waals surface area contributed by atoms with Gasteiger partial charge in [-0.25, -0.2) is 0 Å². The fourth-order valence-electron chi connectivity index (χ4n) is 2.20. The van der Waals surface area contributed by atoms with Gasteiger partial charge in [-0.1, -0.05) is 25.1 Å². The molecule has 1 aromatic carbocycles. The molecule has 2 aliphatic rings. The number of carbonyl (C=O) groups is 2. The van der Waals surface area contributed by atoms with E-state index in [2.05, 4.69) is 18.3 Å². The van der Waals surface area contributed by atoms with Gasteiger partial charge in [-0.05, 0) is 35.4 Å². The van der Waals surface area contributed by atoms with Crippen molar-refractivity contribution >= 4 is 40.2 Å². The Morgan fingerprint density at radius 1 is 1.28 bits per heavy atom. The number of benzene rings is 1. The first kappa shape index (κ1) is 11.9. The van der Waals surface area contributed by atoms with Crippen LogP contribution in [0.3, 0.4) is 0 Å². The summed E-state index contributed by atoms with van der Waals surface area (Å²) in [5.74, 6) is -0.256. The van der Waals surface area contributed by atoms with Crippen LogP contribution in [-0.4, -0.2) is 16.4 Å². The number of nitrogens with one attached hydrogen (secondary N) is 1. The van der Waals surface area contributed by atoms with Crippen molar-refractivity contribution in [3.63, 3.8) is 0 Å². The SMILES string of the molecule is CC1C/C(=C2/SC(=O)NC2=O)c2ccccc2S1. The van der Waals surface area contributed by atoms with E-state index in [1.54, 1.807) is 0 Å². The summed E-state index contributed by atoms with van der Waals surface area (Å²) in [6.07, 6.45) is 0.824. The highest BCUT2D eigenvalue weighted by molar-refractivity contribution is 8.18. The van der Waals surface area contributed by atoms with Crippen LogP contribution in [0.5, 0.6) is 0 Å². The van der Waals surface area contributed by atoms with Crippen molar-refractivity contribution in [2.45, 2.75) is 23.5 Å². The number of rotatable bonds is 0. The lowest BCUT2D eigenvalue weighted by molar-refractivity contribution is -0.115. The van der Waals surface area contributed by atoms with Gasteiger partial charge < -0.3 is 0 Å². The summed E-state index contributed by atoms with van der Waals surface area (Å²) in [4.78, 5) is 24.8. The standard InChI is InChI=1S/C13H11NO2S2/c1-7-6-9(11-12(15)14-13(16)18-11)8-4-2-3-5-10(8)17-7/h2-5,7H,6H2,1H3,(H,14,15,16)/b11-9-. The molecule has 0 aromatic heterocycles. The second-order valence-electron chi connectivity index (χ2n) is 4.28. The summed E-state index contributed by atoms with van der Waals surface area (Å²) < 4.78 is 0. The predicted molar refractivity (Wildman–Crippen MR) is 74.4 cm³/mol. The summed E-state index contributed by atoms with van der Waals surface area (Å²) >= 11 is 2.83. The Balaban J connectivity index is 2.16.